The van der Waals surface area contributed by atoms with Gasteiger partial charge in [-0.05, 0) is 50.1 Å². The Balaban J connectivity index is 1.68. The lowest BCUT2D eigenvalue weighted by Crippen LogP contribution is -2.23. The number of aryl methyl sites for hydroxylation is 3. The summed E-state index contributed by atoms with van der Waals surface area (Å²) in [5.41, 5.74) is 2.70. The molecular formula is C14H18N2S2. The summed E-state index contributed by atoms with van der Waals surface area (Å²) in [7, 11) is 0. The van der Waals surface area contributed by atoms with E-state index in [9.17, 15) is 0 Å². The molecule has 2 aromatic rings. The molecule has 0 saturated heterocycles. The van der Waals surface area contributed by atoms with Crippen LogP contribution in [0.15, 0.2) is 11.4 Å². The van der Waals surface area contributed by atoms with Crippen molar-refractivity contribution in [2.75, 3.05) is 0 Å². The van der Waals surface area contributed by atoms with Gasteiger partial charge >= 0.3 is 0 Å². The van der Waals surface area contributed by atoms with Gasteiger partial charge in [0, 0.05) is 22.3 Å². The van der Waals surface area contributed by atoms with Crippen molar-refractivity contribution in [3.63, 3.8) is 0 Å². The number of thiazole rings is 1. The summed E-state index contributed by atoms with van der Waals surface area (Å²) in [6.07, 6.45) is 3.83. The van der Waals surface area contributed by atoms with E-state index in [1.165, 1.54) is 40.4 Å². The molecule has 1 N–H and O–H groups in total. The molecule has 2 aromatic heterocycles. The van der Waals surface area contributed by atoms with Gasteiger partial charge in [0.05, 0.1) is 5.69 Å². The average molecular weight is 278 g/mol. The Bertz CT molecular complexity index is 522. The highest BCUT2D eigenvalue weighted by Gasteiger charge is 2.20. The fourth-order valence-electron chi connectivity index (χ4n) is 2.52. The van der Waals surface area contributed by atoms with Gasteiger partial charge in [-0.25, -0.2) is 4.98 Å². The Labute approximate surface area is 116 Å². The second kappa shape index (κ2) is 5.11. The third-order valence-electron chi connectivity index (χ3n) is 3.62. The summed E-state index contributed by atoms with van der Waals surface area (Å²) in [5.74, 6) is 0. The quantitative estimate of drug-likeness (QED) is 0.918. The monoisotopic (exact) mass is 278 g/mol. The number of nitrogens with one attached hydrogen (secondary N) is 1. The first-order chi connectivity index (χ1) is 8.74. The SMILES string of the molecule is Cc1nc(CNC2CCCc3sccc32)sc1C. The molecule has 2 nitrogen and oxygen atoms in total. The highest BCUT2D eigenvalue weighted by molar-refractivity contribution is 7.11. The van der Waals surface area contributed by atoms with E-state index in [2.05, 4.69) is 35.6 Å². The topological polar surface area (TPSA) is 24.9 Å². The molecule has 0 aliphatic heterocycles. The maximum atomic E-state index is 4.60. The first-order valence-electron chi connectivity index (χ1n) is 6.46. The predicted molar refractivity (Wildman–Crippen MR) is 78.4 cm³/mol. The summed E-state index contributed by atoms with van der Waals surface area (Å²) >= 11 is 3.72. The summed E-state index contributed by atoms with van der Waals surface area (Å²) in [6, 6.07) is 2.82. The van der Waals surface area contributed by atoms with Crippen molar-refractivity contribution < 1.29 is 0 Å². The van der Waals surface area contributed by atoms with Gasteiger partial charge in [-0.2, -0.15) is 0 Å². The minimum atomic E-state index is 0.532. The Morgan fingerprint density at radius 2 is 2.33 bits per heavy atom. The highest BCUT2D eigenvalue weighted by atomic mass is 32.1. The standard InChI is InChI=1S/C14H18N2S2/c1-9-10(2)18-14(16-9)8-15-12-4-3-5-13-11(12)6-7-17-13/h6-7,12,15H,3-5,8H2,1-2H3. The van der Waals surface area contributed by atoms with Crippen LogP contribution in [0.2, 0.25) is 0 Å². The van der Waals surface area contributed by atoms with Gasteiger partial charge in [0.2, 0.25) is 0 Å². The minimum absolute atomic E-state index is 0.532. The number of fused-ring (bicyclic) bond motifs is 1. The van der Waals surface area contributed by atoms with Crippen LogP contribution in [0.4, 0.5) is 0 Å². The first-order valence-corrected chi connectivity index (χ1v) is 8.16. The average Bonchev–Trinajstić information content (AvgIpc) is 2.94. The molecular weight excluding hydrogens is 260 g/mol. The van der Waals surface area contributed by atoms with Crippen LogP contribution in [0, 0.1) is 13.8 Å². The molecule has 1 unspecified atom stereocenters. The van der Waals surface area contributed by atoms with E-state index in [-0.39, 0.29) is 0 Å². The van der Waals surface area contributed by atoms with Crippen LogP contribution in [0.1, 0.15) is 44.9 Å². The number of rotatable bonds is 3. The Morgan fingerprint density at radius 1 is 1.44 bits per heavy atom. The van der Waals surface area contributed by atoms with E-state index in [4.69, 9.17) is 0 Å². The van der Waals surface area contributed by atoms with E-state index in [0.29, 0.717) is 6.04 Å². The molecule has 0 saturated carbocycles. The lowest BCUT2D eigenvalue weighted by molar-refractivity contribution is 0.462. The van der Waals surface area contributed by atoms with Gasteiger partial charge in [0.25, 0.3) is 0 Å². The minimum Gasteiger partial charge on any atom is -0.304 e. The summed E-state index contributed by atoms with van der Waals surface area (Å²) in [5, 5.41) is 7.12. The normalized spacial score (nSPS) is 18.9. The summed E-state index contributed by atoms with van der Waals surface area (Å²) in [4.78, 5) is 7.51. The summed E-state index contributed by atoms with van der Waals surface area (Å²) < 4.78 is 0. The highest BCUT2D eigenvalue weighted by Crippen LogP contribution is 2.33. The van der Waals surface area contributed by atoms with Gasteiger partial charge in [-0.3, -0.25) is 0 Å². The van der Waals surface area contributed by atoms with Crippen LogP contribution in [0.5, 0.6) is 0 Å². The molecule has 0 aromatic carbocycles. The van der Waals surface area contributed by atoms with E-state index >= 15 is 0 Å². The zero-order chi connectivity index (χ0) is 12.5. The number of hydrogen-bond donors (Lipinski definition) is 1. The van der Waals surface area contributed by atoms with Crippen LogP contribution in [-0.4, -0.2) is 4.98 Å². The predicted octanol–water partition coefficient (Wildman–Crippen LogP) is 3.99. The fraction of sp³-hybridized carbons (Fsp3) is 0.500. The van der Waals surface area contributed by atoms with E-state index < -0.39 is 0 Å². The Hall–Kier alpha value is -0.710. The molecule has 1 aliphatic carbocycles. The van der Waals surface area contributed by atoms with Crippen LogP contribution < -0.4 is 5.32 Å². The van der Waals surface area contributed by atoms with Gasteiger partial charge in [-0.1, -0.05) is 0 Å². The fourth-order valence-corrected chi connectivity index (χ4v) is 4.40. The summed E-state index contributed by atoms with van der Waals surface area (Å²) in [6.45, 7) is 5.14. The molecule has 18 heavy (non-hydrogen) atoms. The molecule has 0 fully saturated rings. The first kappa shape index (κ1) is 12.3. The number of thiophene rings is 1. The number of nitrogens with zero attached hydrogens (tertiary/aromatic N) is 1. The van der Waals surface area contributed by atoms with Gasteiger partial charge < -0.3 is 5.32 Å². The lowest BCUT2D eigenvalue weighted by atomic mass is 9.94. The van der Waals surface area contributed by atoms with Crippen molar-refractivity contribution in [1.82, 2.24) is 10.3 Å². The maximum absolute atomic E-state index is 4.60. The van der Waals surface area contributed by atoms with Crippen LogP contribution >= 0.6 is 22.7 Å². The molecule has 0 spiro atoms. The molecule has 0 radical (unpaired) electrons. The molecule has 1 aliphatic rings. The van der Waals surface area contributed by atoms with Crippen molar-refractivity contribution in [2.45, 2.75) is 45.7 Å². The molecule has 2 heterocycles. The van der Waals surface area contributed by atoms with Crippen molar-refractivity contribution >= 4 is 22.7 Å². The van der Waals surface area contributed by atoms with Crippen LogP contribution in [0.3, 0.4) is 0 Å². The second-order valence-corrected chi connectivity index (χ2v) is 7.16. The molecule has 96 valence electrons. The van der Waals surface area contributed by atoms with Crippen LogP contribution in [0.25, 0.3) is 0 Å². The van der Waals surface area contributed by atoms with Gasteiger partial charge in [0.15, 0.2) is 0 Å². The van der Waals surface area contributed by atoms with Crippen LogP contribution in [-0.2, 0) is 13.0 Å². The Morgan fingerprint density at radius 3 is 3.11 bits per heavy atom. The van der Waals surface area contributed by atoms with Gasteiger partial charge in [0.1, 0.15) is 5.01 Å². The van der Waals surface area contributed by atoms with E-state index in [0.717, 1.165) is 6.54 Å². The van der Waals surface area contributed by atoms with E-state index in [1.807, 2.05) is 22.7 Å². The third-order valence-corrected chi connectivity index (χ3v) is 5.69. The molecule has 0 amide bonds. The molecule has 4 heteroatoms. The van der Waals surface area contributed by atoms with Crippen molar-refractivity contribution in [2.24, 2.45) is 0 Å². The Kier molecular flexibility index (Phi) is 3.50. The van der Waals surface area contributed by atoms with Gasteiger partial charge in [-0.15, -0.1) is 22.7 Å². The van der Waals surface area contributed by atoms with Crippen molar-refractivity contribution in [3.05, 3.63) is 37.5 Å². The zero-order valence-corrected chi connectivity index (χ0v) is 12.5. The molecule has 0 bridgehead atoms. The molecule has 3 rings (SSSR count). The molecule has 1 atom stereocenters. The second-order valence-electron chi connectivity index (χ2n) is 4.87. The smallest absolute Gasteiger partial charge is 0.107 e. The van der Waals surface area contributed by atoms with Crippen molar-refractivity contribution in [3.8, 4) is 0 Å². The largest absolute Gasteiger partial charge is 0.304 e. The third kappa shape index (κ3) is 2.37. The van der Waals surface area contributed by atoms with E-state index in [1.54, 1.807) is 4.88 Å². The maximum Gasteiger partial charge on any atom is 0.107 e. The van der Waals surface area contributed by atoms with Crippen molar-refractivity contribution in [1.29, 1.82) is 0 Å². The zero-order valence-electron chi connectivity index (χ0n) is 10.8. The number of hydrogen-bond acceptors (Lipinski definition) is 4. The lowest BCUT2D eigenvalue weighted by Gasteiger charge is -2.23. The number of aromatic nitrogens is 1.